The number of hydrogen-bond donors (Lipinski definition) is 2. The predicted octanol–water partition coefficient (Wildman–Crippen LogP) is 1.45. The van der Waals surface area contributed by atoms with Gasteiger partial charge in [-0.3, -0.25) is 4.79 Å². The van der Waals surface area contributed by atoms with Gasteiger partial charge in [0.1, 0.15) is 12.6 Å². The number of ether oxygens (including phenoxy) is 1. The zero-order valence-corrected chi connectivity index (χ0v) is 9.69. The molecule has 0 aliphatic heterocycles. The molecule has 16 heavy (non-hydrogen) atoms. The Morgan fingerprint density at radius 2 is 2.00 bits per heavy atom. The highest BCUT2D eigenvalue weighted by Crippen LogP contribution is 2.28. The van der Waals surface area contributed by atoms with E-state index in [0.29, 0.717) is 0 Å². The summed E-state index contributed by atoms with van der Waals surface area (Å²) < 4.78 is 38.6. The minimum Gasteiger partial charge on any atom is -0.480 e. The maximum Gasteiger partial charge on any atom is 0.411 e. The third-order valence-electron chi connectivity index (χ3n) is 1.80. The number of carboxylic acid groups (broad SMARTS) is 1. The van der Waals surface area contributed by atoms with Crippen molar-refractivity contribution in [2.24, 2.45) is 5.73 Å². The van der Waals surface area contributed by atoms with Crippen LogP contribution in [-0.4, -0.2) is 40.6 Å². The zero-order chi connectivity index (χ0) is 13.0. The fourth-order valence-corrected chi connectivity index (χ4v) is 1.49. The first-order chi connectivity index (χ1) is 7.06. The molecule has 0 aromatic carbocycles. The van der Waals surface area contributed by atoms with Crippen LogP contribution in [0.4, 0.5) is 13.2 Å². The van der Waals surface area contributed by atoms with Gasteiger partial charge >= 0.3 is 12.1 Å². The van der Waals surface area contributed by atoms with Crippen molar-refractivity contribution in [1.29, 1.82) is 0 Å². The number of carbonyl (C=O) groups is 1. The Balaban J connectivity index is 3.96. The molecule has 0 bridgehead atoms. The Hall–Kier alpha value is -0.470. The number of nitrogens with two attached hydrogens (primary N) is 1. The highest BCUT2D eigenvalue weighted by atomic mass is 32.2. The molecule has 0 aliphatic rings. The summed E-state index contributed by atoms with van der Waals surface area (Å²) in [5.41, 5.74) is 5.36. The van der Waals surface area contributed by atoms with Crippen LogP contribution < -0.4 is 5.73 Å². The van der Waals surface area contributed by atoms with E-state index in [1.54, 1.807) is 0 Å². The van der Waals surface area contributed by atoms with Gasteiger partial charge in [0, 0.05) is 4.75 Å². The summed E-state index contributed by atoms with van der Waals surface area (Å²) >= 11 is 0.928. The van der Waals surface area contributed by atoms with E-state index < -0.39 is 29.5 Å². The van der Waals surface area contributed by atoms with Gasteiger partial charge in [-0.1, -0.05) is 0 Å². The van der Waals surface area contributed by atoms with Crippen LogP contribution in [0.2, 0.25) is 0 Å². The zero-order valence-electron chi connectivity index (χ0n) is 8.87. The summed E-state index contributed by atoms with van der Waals surface area (Å²) in [7, 11) is 0. The SMILES string of the molecule is CC(C)(SCOCC(F)(F)F)[C@H](N)C(=O)O. The van der Waals surface area contributed by atoms with Crippen molar-refractivity contribution in [3.8, 4) is 0 Å². The molecule has 96 valence electrons. The molecule has 8 heteroatoms. The van der Waals surface area contributed by atoms with Gasteiger partial charge in [-0.05, 0) is 13.8 Å². The van der Waals surface area contributed by atoms with Gasteiger partial charge in [-0.15, -0.1) is 11.8 Å². The lowest BCUT2D eigenvalue weighted by atomic mass is 10.1. The predicted molar refractivity (Wildman–Crippen MR) is 54.2 cm³/mol. The van der Waals surface area contributed by atoms with Crippen LogP contribution in [0, 0.1) is 0 Å². The first kappa shape index (κ1) is 15.5. The Kier molecular flexibility index (Phi) is 5.57. The lowest BCUT2D eigenvalue weighted by Crippen LogP contribution is -2.47. The molecule has 0 aromatic heterocycles. The molecule has 0 saturated heterocycles. The molecule has 0 aromatic rings. The summed E-state index contributed by atoms with van der Waals surface area (Å²) in [6, 6.07) is -1.16. The van der Waals surface area contributed by atoms with E-state index in [1.165, 1.54) is 13.8 Å². The smallest absolute Gasteiger partial charge is 0.411 e. The van der Waals surface area contributed by atoms with Crippen LogP contribution in [-0.2, 0) is 9.53 Å². The van der Waals surface area contributed by atoms with Crippen LogP contribution in [0.25, 0.3) is 0 Å². The molecule has 0 amide bonds. The highest BCUT2D eigenvalue weighted by Gasteiger charge is 2.33. The van der Waals surface area contributed by atoms with E-state index in [9.17, 15) is 18.0 Å². The maximum atomic E-state index is 11.7. The lowest BCUT2D eigenvalue weighted by Gasteiger charge is -2.27. The van der Waals surface area contributed by atoms with Gasteiger partial charge in [0.2, 0.25) is 0 Å². The molecule has 1 atom stereocenters. The van der Waals surface area contributed by atoms with E-state index in [0.717, 1.165) is 11.8 Å². The number of halogens is 3. The average Bonchev–Trinajstić information content (AvgIpc) is 2.09. The summed E-state index contributed by atoms with van der Waals surface area (Å²) in [6.45, 7) is 1.72. The Bertz CT molecular complexity index is 245. The van der Waals surface area contributed by atoms with Crippen LogP contribution >= 0.6 is 11.8 Å². The first-order valence-corrected chi connectivity index (χ1v) is 5.31. The second-order valence-electron chi connectivity index (χ2n) is 3.65. The minimum atomic E-state index is -4.38. The summed E-state index contributed by atoms with van der Waals surface area (Å²) in [5.74, 6) is -1.46. The van der Waals surface area contributed by atoms with Gasteiger partial charge in [-0.25, -0.2) is 0 Å². The number of aliphatic carboxylic acids is 1. The van der Waals surface area contributed by atoms with Gasteiger partial charge in [0.15, 0.2) is 0 Å². The summed E-state index contributed by atoms with van der Waals surface area (Å²) in [4.78, 5) is 10.6. The molecule has 0 radical (unpaired) electrons. The molecule has 0 heterocycles. The largest absolute Gasteiger partial charge is 0.480 e. The Morgan fingerprint density at radius 1 is 1.50 bits per heavy atom. The summed E-state index contributed by atoms with van der Waals surface area (Å²) in [5, 5.41) is 8.64. The van der Waals surface area contributed by atoms with Crippen LogP contribution in [0.3, 0.4) is 0 Å². The number of alkyl halides is 3. The second kappa shape index (κ2) is 5.74. The normalized spacial score (nSPS) is 14.9. The van der Waals surface area contributed by atoms with Gasteiger partial charge in [-0.2, -0.15) is 13.2 Å². The van der Waals surface area contributed by atoms with Crippen molar-refractivity contribution in [3.63, 3.8) is 0 Å². The Morgan fingerprint density at radius 3 is 2.38 bits per heavy atom. The number of thioether (sulfide) groups is 1. The molecule has 0 spiro atoms. The molecule has 4 nitrogen and oxygen atoms in total. The van der Waals surface area contributed by atoms with Crippen LogP contribution in [0.5, 0.6) is 0 Å². The fourth-order valence-electron chi connectivity index (χ4n) is 0.738. The van der Waals surface area contributed by atoms with Crippen LogP contribution in [0.1, 0.15) is 13.8 Å². The third-order valence-corrected chi connectivity index (χ3v) is 3.08. The molecular formula is C8H14F3NO3S. The standard InChI is InChI=1S/C8H14F3NO3S/c1-7(2,5(12)6(13)14)16-4-15-3-8(9,10)11/h5H,3-4,12H2,1-2H3,(H,13,14)/t5-/m1/s1. The summed E-state index contributed by atoms with van der Waals surface area (Å²) in [6.07, 6.45) is -4.38. The quantitative estimate of drug-likeness (QED) is 0.559. The van der Waals surface area contributed by atoms with Crippen molar-refractivity contribution in [3.05, 3.63) is 0 Å². The molecule has 0 fully saturated rings. The van der Waals surface area contributed by atoms with E-state index in [4.69, 9.17) is 10.8 Å². The van der Waals surface area contributed by atoms with Crippen molar-refractivity contribution < 1.29 is 27.8 Å². The molecule has 0 unspecified atom stereocenters. The molecule has 0 rings (SSSR count). The fraction of sp³-hybridized carbons (Fsp3) is 0.875. The van der Waals surface area contributed by atoms with Crippen LogP contribution in [0.15, 0.2) is 0 Å². The topological polar surface area (TPSA) is 72.5 Å². The number of carboxylic acids is 1. The van der Waals surface area contributed by atoms with Gasteiger partial charge in [0.05, 0.1) is 5.94 Å². The van der Waals surface area contributed by atoms with E-state index in [2.05, 4.69) is 4.74 Å². The third kappa shape index (κ3) is 6.19. The van der Waals surface area contributed by atoms with Crippen molar-refractivity contribution in [1.82, 2.24) is 0 Å². The second-order valence-corrected chi connectivity index (χ2v) is 5.22. The van der Waals surface area contributed by atoms with Crippen molar-refractivity contribution >= 4 is 17.7 Å². The molecule has 0 saturated carbocycles. The first-order valence-electron chi connectivity index (χ1n) is 4.33. The average molecular weight is 261 g/mol. The Labute approximate surface area is 95.3 Å². The van der Waals surface area contributed by atoms with E-state index >= 15 is 0 Å². The van der Waals surface area contributed by atoms with Gasteiger partial charge in [0.25, 0.3) is 0 Å². The molecular weight excluding hydrogens is 247 g/mol. The monoisotopic (exact) mass is 261 g/mol. The van der Waals surface area contributed by atoms with Crippen molar-refractivity contribution in [2.45, 2.75) is 30.8 Å². The molecule has 0 aliphatic carbocycles. The van der Waals surface area contributed by atoms with E-state index in [1.807, 2.05) is 0 Å². The molecule has 3 N–H and O–H groups in total. The maximum absolute atomic E-state index is 11.7. The number of rotatable bonds is 6. The van der Waals surface area contributed by atoms with Crippen molar-refractivity contribution in [2.75, 3.05) is 12.5 Å². The lowest BCUT2D eigenvalue weighted by molar-refractivity contribution is -0.169. The highest BCUT2D eigenvalue weighted by molar-refractivity contribution is 8.00. The number of hydrogen-bond acceptors (Lipinski definition) is 4. The minimum absolute atomic E-state index is 0.256. The van der Waals surface area contributed by atoms with Gasteiger partial charge < -0.3 is 15.6 Å². The van der Waals surface area contributed by atoms with E-state index in [-0.39, 0.29) is 5.94 Å².